The molecule has 0 spiro atoms. The molecule has 0 aliphatic carbocycles. The van der Waals surface area contributed by atoms with Gasteiger partial charge in [0.1, 0.15) is 19.0 Å². The number of anilines is 2. The van der Waals surface area contributed by atoms with E-state index in [2.05, 4.69) is 10.0 Å². The average Bonchev–Trinajstić information content (AvgIpc) is 2.79. The zero-order chi connectivity index (χ0) is 22.7. The lowest BCUT2D eigenvalue weighted by Gasteiger charge is -2.20. The predicted molar refractivity (Wildman–Crippen MR) is 121 cm³/mol. The van der Waals surface area contributed by atoms with Crippen LogP contribution < -0.4 is 24.2 Å². The highest BCUT2D eigenvalue weighted by atomic mass is 35.5. The summed E-state index contributed by atoms with van der Waals surface area (Å²) in [7, 11) is -2.35. The standard InChI is InChI=1S/C22H19ClN2O6S/c1-29-17-7-5-15(6-8-17)25-32(27,28)18-4-2-3-16(13-18)24-22(26)14-11-19(23)21-20(12-14)30-9-10-31-21/h2-8,11-13,25H,9-10H2,1H3,(H,24,26). The second kappa shape index (κ2) is 8.97. The molecule has 0 saturated heterocycles. The Kier molecular flexibility index (Phi) is 6.11. The summed E-state index contributed by atoms with van der Waals surface area (Å²) in [5.41, 5.74) is 0.939. The van der Waals surface area contributed by atoms with E-state index in [4.69, 9.17) is 25.8 Å². The molecule has 32 heavy (non-hydrogen) atoms. The summed E-state index contributed by atoms with van der Waals surface area (Å²) in [6, 6.07) is 15.4. The van der Waals surface area contributed by atoms with Crippen molar-refractivity contribution < 1.29 is 27.4 Å². The first kappa shape index (κ1) is 21.8. The number of nitrogens with one attached hydrogen (secondary N) is 2. The maximum Gasteiger partial charge on any atom is 0.261 e. The van der Waals surface area contributed by atoms with Crippen molar-refractivity contribution in [3.63, 3.8) is 0 Å². The maximum atomic E-state index is 12.8. The normalized spacial score (nSPS) is 12.7. The van der Waals surface area contributed by atoms with Gasteiger partial charge in [-0.2, -0.15) is 0 Å². The number of sulfonamides is 1. The Labute approximate surface area is 190 Å². The van der Waals surface area contributed by atoms with Gasteiger partial charge >= 0.3 is 0 Å². The van der Waals surface area contributed by atoms with E-state index in [1.165, 1.54) is 37.4 Å². The zero-order valence-electron chi connectivity index (χ0n) is 16.9. The minimum Gasteiger partial charge on any atom is -0.497 e. The molecule has 8 nitrogen and oxygen atoms in total. The van der Waals surface area contributed by atoms with E-state index in [9.17, 15) is 13.2 Å². The second-order valence-electron chi connectivity index (χ2n) is 6.80. The number of ether oxygens (including phenoxy) is 3. The van der Waals surface area contributed by atoms with Crippen LogP contribution in [0.15, 0.2) is 65.6 Å². The smallest absolute Gasteiger partial charge is 0.261 e. The Morgan fingerprint density at radius 1 is 1.00 bits per heavy atom. The first-order valence-corrected chi connectivity index (χ1v) is 11.4. The predicted octanol–water partition coefficient (Wildman–Crippen LogP) is 4.17. The van der Waals surface area contributed by atoms with Crippen molar-refractivity contribution in [3.8, 4) is 17.2 Å². The Bertz CT molecular complexity index is 1260. The van der Waals surface area contributed by atoms with Gasteiger partial charge in [-0.15, -0.1) is 0 Å². The molecule has 166 valence electrons. The van der Waals surface area contributed by atoms with E-state index in [-0.39, 0.29) is 15.5 Å². The summed E-state index contributed by atoms with van der Waals surface area (Å²) in [6.07, 6.45) is 0. The van der Waals surface area contributed by atoms with Crippen molar-refractivity contribution in [1.82, 2.24) is 0 Å². The molecule has 0 aromatic heterocycles. The number of halogens is 1. The van der Waals surface area contributed by atoms with Crippen LogP contribution in [-0.4, -0.2) is 34.6 Å². The van der Waals surface area contributed by atoms with E-state index in [0.29, 0.717) is 41.8 Å². The Hall–Kier alpha value is -3.43. The van der Waals surface area contributed by atoms with E-state index >= 15 is 0 Å². The molecular weight excluding hydrogens is 456 g/mol. The molecule has 4 rings (SSSR count). The van der Waals surface area contributed by atoms with Crippen LogP contribution in [0.1, 0.15) is 10.4 Å². The van der Waals surface area contributed by atoms with Gasteiger partial charge in [-0.3, -0.25) is 9.52 Å². The summed E-state index contributed by atoms with van der Waals surface area (Å²) in [5.74, 6) is 0.916. The minimum absolute atomic E-state index is 0.00803. The van der Waals surface area contributed by atoms with Crippen molar-refractivity contribution in [2.45, 2.75) is 4.90 Å². The lowest BCUT2D eigenvalue weighted by atomic mass is 10.1. The van der Waals surface area contributed by atoms with Gasteiger partial charge < -0.3 is 19.5 Å². The highest BCUT2D eigenvalue weighted by Crippen LogP contribution is 2.38. The number of rotatable bonds is 6. The maximum absolute atomic E-state index is 12.8. The van der Waals surface area contributed by atoms with Crippen molar-refractivity contribution in [1.29, 1.82) is 0 Å². The van der Waals surface area contributed by atoms with Crippen molar-refractivity contribution in [3.05, 3.63) is 71.2 Å². The summed E-state index contributed by atoms with van der Waals surface area (Å²) in [4.78, 5) is 12.7. The molecule has 0 radical (unpaired) electrons. The number of hydrogen-bond acceptors (Lipinski definition) is 6. The molecule has 0 bridgehead atoms. The van der Waals surface area contributed by atoms with Crippen LogP contribution >= 0.6 is 11.6 Å². The van der Waals surface area contributed by atoms with Gasteiger partial charge in [0.2, 0.25) is 0 Å². The fraction of sp³-hybridized carbons (Fsp3) is 0.136. The van der Waals surface area contributed by atoms with Crippen LogP contribution in [-0.2, 0) is 10.0 Å². The molecule has 10 heteroatoms. The molecule has 0 saturated carbocycles. The van der Waals surface area contributed by atoms with Crippen LogP contribution in [0.25, 0.3) is 0 Å². The summed E-state index contributed by atoms with van der Waals surface area (Å²) in [5, 5.41) is 2.94. The average molecular weight is 475 g/mol. The number of fused-ring (bicyclic) bond motifs is 1. The summed E-state index contributed by atoms with van der Waals surface area (Å²) < 4.78 is 44.0. The lowest BCUT2D eigenvalue weighted by molar-refractivity contribution is 0.102. The SMILES string of the molecule is COc1ccc(NS(=O)(=O)c2cccc(NC(=O)c3cc(Cl)c4c(c3)OCCO4)c2)cc1. The molecule has 0 fully saturated rings. The number of carbonyl (C=O) groups is 1. The van der Waals surface area contributed by atoms with E-state index < -0.39 is 15.9 Å². The summed E-state index contributed by atoms with van der Waals surface area (Å²) >= 11 is 6.20. The Morgan fingerprint density at radius 2 is 1.75 bits per heavy atom. The largest absolute Gasteiger partial charge is 0.497 e. The second-order valence-corrected chi connectivity index (χ2v) is 8.89. The van der Waals surface area contributed by atoms with Gasteiger partial charge in [0.25, 0.3) is 15.9 Å². The van der Waals surface area contributed by atoms with Crippen LogP contribution in [0.2, 0.25) is 5.02 Å². The van der Waals surface area contributed by atoms with Gasteiger partial charge in [0.05, 0.1) is 17.0 Å². The molecule has 1 aliphatic rings. The third kappa shape index (κ3) is 4.74. The quantitative estimate of drug-likeness (QED) is 0.555. The summed E-state index contributed by atoms with van der Waals surface area (Å²) in [6.45, 7) is 0.736. The van der Waals surface area contributed by atoms with Gasteiger partial charge in [0, 0.05) is 16.9 Å². The van der Waals surface area contributed by atoms with Crippen LogP contribution in [0, 0.1) is 0 Å². The van der Waals surface area contributed by atoms with Crippen LogP contribution in [0.5, 0.6) is 17.2 Å². The number of hydrogen-bond donors (Lipinski definition) is 2. The third-order valence-corrected chi connectivity index (χ3v) is 6.26. The van der Waals surface area contributed by atoms with Crippen molar-refractivity contribution in [2.75, 3.05) is 30.4 Å². The molecule has 1 aliphatic heterocycles. The van der Waals surface area contributed by atoms with Crippen LogP contribution in [0.4, 0.5) is 11.4 Å². The zero-order valence-corrected chi connectivity index (χ0v) is 18.5. The number of amides is 1. The molecule has 3 aromatic rings. The Morgan fingerprint density at radius 3 is 2.50 bits per heavy atom. The first-order valence-electron chi connectivity index (χ1n) is 9.53. The van der Waals surface area contributed by atoms with E-state index in [0.717, 1.165) is 0 Å². The number of methoxy groups -OCH3 is 1. The highest BCUT2D eigenvalue weighted by molar-refractivity contribution is 7.92. The molecule has 1 amide bonds. The topological polar surface area (TPSA) is 103 Å². The van der Waals surface area contributed by atoms with Crippen molar-refractivity contribution >= 4 is 38.9 Å². The monoisotopic (exact) mass is 474 g/mol. The molecule has 2 N–H and O–H groups in total. The number of benzene rings is 3. The molecule has 0 atom stereocenters. The number of carbonyl (C=O) groups excluding carboxylic acids is 1. The molecule has 0 unspecified atom stereocenters. The Balaban J connectivity index is 1.52. The van der Waals surface area contributed by atoms with Crippen molar-refractivity contribution in [2.24, 2.45) is 0 Å². The third-order valence-electron chi connectivity index (χ3n) is 4.60. The fourth-order valence-corrected chi connectivity index (χ4v) is 4.43. The van der Waals surface area contributed by atoms with Gasteiger partial charge in [0.15, 0.2) is 11.5 Å². The minimum atomic E-state index is -3.87. The first-order chi connectivity index (χ1) is 15.4. The van der Waals surface area contributed by atoms with E-state index in [1.807, 2.05) is 0 Å². The fourth-order valence-electron chi connectivity index (χ4n) is 3.06. The molecular formula is C22H19ClN2O6S. The van der Waals surface area contributed by atoms with Gasteiger partial charge in [-0.1, -0.05) is 17.7 Å². The van der Waals surface area contributed by atoms with Crippen LogP contribution in [0.3, 0.4) is 0 Å². The van der Waals surface area contributed by atoms with Gasteiger partial charge in [-0.05, 0) is 54.6 Å². The lowest BCUT2D eigenvalue weighted by Crippen LogP contribution is -2.18. The highest BCUT2D eigenvalue weighted by Gasteiger charge is 2.20. The molecule has 1 heterocycles. The van der Waals surface area contributed by atoms with E-state index in [1.54, 1.807) is 30.3 Å². The van der Waals surface area contributed by atoms with Gasteiger partial charge in [-0.25, -0.2) is 8.42 Å². The molecule has 3 aromatic carbocycles.